The molecule has 0 N–H and O–H groups in total. The first-order valence-corrected chi connectivity index (χ1v) is 3.78. The van der Waals surface area contributed by atoms with E-state index in [1.54, 1.807) is 6.20 Å². The molecule has 12 heavy (non-hydrogen) atoms. The van der Waals surface area contributed by atoms with E-state index >= 15 is 0 Å². The van der Waals surface area contributed by atoms with Crippen LogP contribution in [-0.4, -0.2) is 11.0 Å². The van der Waals surface area contributed by atoms with Crippen LogP contribution in [0.25, 0.3) is 10.9 Å². The minimum atomic E-state index is -0.690. The molecule has 0 spiro atoms. The van der Waals surface area contributed by atoms with Crippen molar-refractivity contribution in [3.05, 3.63) is 36.0 Å². The Hall–Kier alpha value is -1.57. The van der Waals surface area contributed by atoms with Gasteiger partial charge in [-0.25, -0.2) is 0 Å². The molecule has 2 rings (SSSR count). The lowest BCUT2D eigenvalue weighted by Gasteiger charge is -1.91. The lowest BCUT2D eigenvalue weighted by molar-refractivity contribution is 0.549. The Morgan fingerprint density at radius 2 is 2.25 bits per heavy atom. The number of hydrogen-bond acceptors (Lipinski definition) is 1. The average molecular weight is 161 g/mol. The van der Waals surface area contributed by atoms with E-state index < -0.39 is 6.39 Å². The first-order chi connectivity index (χ1) is 6.20. The monoisotopic (exact) mass is 161 g/mol. The molecule has 2 nitrogen and oxygen atoms in total. The lowest BCUT2D eigenvalue weighted by Crippen LogP contribution is -1.89. The van der Waals surface area contributed by atoms with E-state index in [-0.39, 0.29) is 0 Å². The number of carbonyl (C=O) groups is 1. The number of aromatic nitrogens is 1. The van der Waals surface area contributed by atoms with E-state index in [1.807, 2.05) is 31.2 Å². The van der Waals surface area contributed by atoms with Crippen molar-refractivity contribution in [1.29, 1.82) is 0 Å². The number of aryl methyl sites for hydroxylation is 1. The van der Waals surface area contributed by atoms with Gasteiger partial charge in [-0.15, -0.1) is 0 Å². The third kappa shape index (κ3) is 0.848. The molecule has 2 heteroatoms. The molecule has 1 aromatic carbocycles. The van der Waals surface area contributed by atoms with Gasteiger partial charge in [-0.05, 0) is 18.6 Å². The van der Waals surface area contributed by atoms with E-state index in [9.17, 15) is 4.79 Å². The Labute approximate surface area is 71.8 Å². The molecule has 0 saturated heterocycles. The molecule has 0 aliphatic rings. The van der Waals surface area contributed by atoms with Crippen LogP contribution < -0.4 is 0 Å². The molecule has 0 unspecified atom stereocenters. The van der Waals surface area contributed by atoms with Crippen molar-refractivity contribution in [3.63, 3.8) is 0 Å². The van der Waals surface area contributed by atoms with Crippen molar-refractivity contribution >= 4 is 17.3 Å². The second-order valence-electron chi connectivity index (χ2n) is 2.79. The molecule has 0 atom stereocenters. The zero-order chi connectivity index (χ0) is 9.42. The molecule has 0 radical (unpaired) electrons. The van der Waals surface area contributed by atoms with Crippen molar-refractivity contribution in [3.8, 4) is 0 Å². The molecule has 0 aliphatic heterocycles. The number of para-hydroxylation sites is 1. The second-order valence-corrected chi connectivity index (χ2v) is 2.79. The molecular weight excluding hydrogens is 150 g/mol. The maximum atomic E-state index is 10.9. The molecule has 2 aromatic rings. The van der Waals surface area contributed by atoms with E-state index in [2.05, 4.69) is 0 Å². The summed E-state index contributed by atoms with van der Waals surface area (Å²) < 4.78 is 8.39. The van der Waals surface area contributed by atoms with Crippen LogP contribution in [-0.2, 0) is 4.79 Å². The van der Waals surface area contributed by atoms with E-state index in [1.165, 1.54) is 4.57 Å². The quantitative estimate of drug-likeness (QED) is 0.541. The number of fused-ring (bicyclic) bond motifs is 1. The van der Waals surface area contributed by atoms with Gasteiger partial charge >= 0.3 is 0 Å². The van der Waals surface area contributed by atoms with Crippen LogP contribution in [0, 0.1) is 6.92 Å². The summed E-state index contributed by atoms with van der Waals surface area (Å²) in [6, 6.07) is 7.58. The summed E-state index contributed by atoms with van der Waals surface area (Å²) in [4.78, 5) is 10.9. The number of nitrogens with zero attached hydrogens (tertiary/aromatic N) is 1. The number of benzene rings is 1. The Morgan fingerprint density at radius 1 is 1.50 bits per heavy atom. The topological polar surface area (TPSA) is 22.0 Å². The molecule has 0 aliphatic carbocycles. The average Bonchev–Trinajstić information content (AvgIpc) is 2.45. The van der Waals surface area contributed by atoms with Crippen molar-refractivity contribution in [2.24, 2.45) is 0 Å². The van der Waals surface area contributed by atoms with E-state index in [4.69, 9.17) is 1.37 Å². The van der Waals surface area contributed by atoms with Gasteiger partial charge in [-0.2, -0.15) is 0 Å². The third-order valence-electron chi connectivity index (χ3n) is 2.01. The summed E-state index contributed by atoms with van der Waals surface area (Å²) in [6.45, 7) is 1.93. The number of rotatable bonds is 0. The minimum Gasteiger partial charge on any atom is -0.290 e. The maximum absolute atomic E-state index is 10.9. The number of carbonyl (C=O) groups excluding carboxylic acids is 1. The molecule has 0 bridgehead atoms. The van der Waals surface area contributed by atoms with E-state index in [0.29, 0.717) is 0 Å². The van der Waals surface area contributed by atoms with Gasteiger partial charge in [0.05, 0.1) is 5.52 Å². The van der Waals surface area contributed by atoms with Crippen LogP contribution in [0.1, 0.15) is 6.93 Å². The summed E-state index contributed by atoms with van der Waals surface area (Å²) >= 11 is 0. The molecule has 0 amide bonds. The largest absolute Gasteiger partial charge is 0.290 e. The highest BCUT2D eigenvalue weighted by Gasteiger charge is 2.01. The maximum Gasteiger partial charge on any atom is 0.218 e. The van der Waals surface area contributed by atoms with Gasteiger partial charge in [0.1, 0.15) is 1.37 Å². The fraction of sp³-hybridized carbons (Fsp3) is 0.100. The standard InChI is InChI=1S/C10H9NO/c1-8-6-11(7-12)10-5-3-2-4-9(8)10/h2-7H,1H3/i7T. The third-order valence-corrected chi connectivity index (χ3v) is 2.01. The van der Waals surface area contributed by atoms with Gasteiger partial charge in [0, 0.05) is 11.6 Å². The highest BCUT2D eigenvalue weighted by Crippen LogP contribution is 2.18. The molecule has 1 aromatic heterocycles. The molecule has 0 saturated carbocycles. The van der Waals surface area contributed by atoms with Crippen LogP contribution >= 0.6 is 0 Å². The Morgan fingerprint density at radius 3 is 3.00 bits per heavy atom. The molecule has 1 heterocycles. The molecule has 0 fully saturated rings. The van der Waals surface area contributed by atoms with Crippen LogP contribution in [0.3, 0.4) is 0 Å². The summed E-state index contributed by atoms with van der Waals surface area (Å²) in [5, 5.41) is 1.03. The Balaban J connectivity index is 2.85. The zero-order valence-electron chi connectivity index (χ0n) is 7.74. The van der Waals surface area contributed by atoms with Gasteiger partial charge in [-0.3, -0.25) is 9.36 Å². The number of hydrogen-bond donors (Lipinski definition) is 0. The van der Waals surface area contributed by atoms with Gasteiger partial charge < -0.3 is 0 Å². The fourth-order valence-corrected chi connectivity index (χ4v) is 1.43. The summed E-state index contributed by atoms with van der Waals surface area (Å²) in [5.41, 5.74) is 1.83. The van der Waals surface area contributed by atoms with Crippen molar-refractivity contribution in [1.82, 2.24) is 4.57 Å². The van der Waals surface area contributed by atoms with Crippen LogP contribution in [0.2, 0.25) is 0 Å². The molecular formula is C10H9NO. The van der Waals surface area contributed by atoms with Gasteiger partial charge in [0.25, 0.3) is 0 Å². The van der Waals surface area contributed by atoms with Crippen LogP contribution in [0.4, 0.5) is 0 Å². The second kappa shape index (κ2) is 2.48. The fourth-order valence-electron chi connectivity index (χ4n) is 1.43. The highest BCUT2D eigenvalue weighted by molar-refractivity contribution is 5.88. The van der Waals surface area contributed by atoms with Gasteiger partial charge in [0.15, 0.2) is 0 Å². The minimum absolute atomic E-state index is 0.690. The Kier molecular flexibility index (Phi) is 1.24. The van der Waals surface area contributed by atoms with Crippen LogP contribution in [0.5, 0.6) is 0 Å². The summed E-state index contributed by atoms with van der Waals surface area (Å²) in [5.74, 6) is 0. The van der Waals surface area contributed by atoms with Gasteiger partial charge in [-0.1, -0.05) is 18.2 Å². The van der Waals surface area contributed by atoms with Crippen molar-refractivity contribution in [2.45, 2.75) is 6.92 Å². The molecule has 60 valence electrons. The Bertz CT molecular complexity index is 473. The first kappa shape index (κ1) is 6.00. The predicted molar refractivity (Wildman–Crippen MR) is 48.8 cm³/mol. The SMILES string of the molecule is [3H]C(=O)n1cc(C)c2ccccc21. The highest BCUT2D eigenvalue weighted by atomic mass is 16.1. The smallest absolute Gasteiger partial charge is 0.218 e. The predicted octanol–water partition coefficient (Wildman–Crippen LogP) is 1.99. The van der Waals surface area contributed by atoms with Crippen LogP contribution in [0.15, 0.2) is 30.5 Å². The lowest BCUT2D eigenvalue weighted by atomic mass is 10.2. The van der Waals surface area contributed by atoms with E-state index in [0.717, 1.165) is 16.5 Å². The van der Waals surface area contributed by atoms with Crippen molar-refractivity contribution < 1.29 is 6.17 Å². The zero-order valence-corrected chi connectivity index (χ0v) is 6.74. The normalized spacial score (nSPS) is 11.6. The van der Waals surface area contributed by atoms with Crippen molar-refractivity contribution in [2.75, 3.05) is 0 Å². The summed E-state index contributed by atoms with van der Waals surface area (Å²) in [6.07, 6.45) is 1.00. The first-order valence-electron chi connectivity index (χ1n) is 4.28. The van der Waals surface area contributed by atoms with Gasteiger partial charge in [0.2, 0.25) is 6.39 Å². The summed E-state index contributed by atoms with van der Waals surface area (Å²) in [7, 11) is 0.